The number of nitrogens with one attached hydrogen (secondary N) is 1. The fourth-order valence-corrected chi connectivity index (χ4v) is 2.39. The summed E-state index contributed by atoms with van der Waals surface area (Å²) in [6.45, 7) is 0.374. The molecule has 0 unspecified atom stereocenters. The van der Waals surface area contributed by atoms with E-state index in [0.717, 1.165) is 11.1 Å². The Balaban J connectivity index is 1.94. The van der Waals surface area contributed by atoms with Gasteiger partial charge in [-0.25, -0.2) is 0 Å². The van der Waals surface area contributed by atoms with Crippen molar-refractivity contribution in [2.45, 2.75) is 6.54 Å². The summed E-state index contributed by atoms with van der Waals surface area (Å²) in [5.41, 5.74) is 2.30. The first-order valence-electron chi connectivity index (χ1n) is 8.43. The summed E-state index contributed by atoms with van der Waals surface area (Å²) >= 11 is 0. The zero-order valence-corrected chi connectivity index (χ0v) is 16.0. The Morgan fingerprint density at radius 2 is 1.74 bits per heavy atom. The lowest BCUT2D eigenvalue weighted by atomic mass is 10.1. The first kappa shape index (κ1) is 20.0. The molecule has 1 N–H and O–H groups in total. The third kappa shape index (κ3) is 5.60. The molecule has 27 heavy (non-hydrogen) atoms. The molecule has 0 fully saturated rings. The Morgan fingerprint density at radius 1 is 1.04 bits per heavy atom. The first-order chi connectivity index (χ1) is 12.9. The number of hydrogen-bond donors (Lipinski definition) is 1. The number of rotatable bonds is 7. The lowest BCUT2D eigenvalue weighted by molar-refractivity contribution is -0.116. The largest absolute Gasteiger partial charge is 0.497 e. The monoisotopic (exact) mass is 368 g/mol. The molecule has 2 rings (SSSR count). The molecule has 6 nitrogen and oxygen atoms in total. The van der Waals surface area contributed by atoms with Gasteiger partial charge in [0.1, 0.15) is 11.5 Å². The molecule has 0 saturated carbocycles. The molecule has 2 aromatic carbocycles. The average molecular weight is 368 g/mol. The smallest absolute Gasteiger partial charge is 0.253 e. The van der Waals surface area contributed by atoms with Gasteiger partial charge in [-0.1, -0.05) is 12.1 Å². The molecule has 6 heteroatoms. The van der Waals surface area contributed by atoms with Crippen molar-refractivity contribution < 1.29 is 19.1 Å². The van der Waals surface area contributed by atoms with Crippen LogP contribution in [0.2, 0.25) is 0 Å². The lowest BCUT2D eigenvalue weighted by Gasteiger charge is -2.10. The molecule has 0 atom stereocenters. The van der Waals surface area contributed by atoms with Gasteiger partial charge in [-0.3, -0.25) is 9.59 Å². The highest BCUT2D eigenvalue weighted by atomic mass is 16.5. The summed E-state index contributed by atoms with van der Waals surface area (Å²) in [7, 11) is 6.57. The molecule has 0 aliphatic heterocycles. The van der Waals surface area contributed by atoms with Gasteiger partial charge in [0.25, 0.3) is 5.91 Å². The third-order valence-electron chi connectivity index (χ3n) is 3.93. The van der Waals surface area contributed by atoms with Crippen LogP contribution in [0, 0.1) is 0 Å². The van der Waals surface area contributed by atoms with Gasteiger partial charge in [0, 0.05) is 43.9 Å². The van der Waals surface area contributed by atoms with E-state index >= 15 is 0 Å². The molecule has 2 amide bonds. The Hall–Kier alpha value is -3.28. The van der Waals surface area contributed by atoms with E-state index in [1.54, 1.807) is 58.7 Å². The van der Waals surface area contributed by atoms with E-state index in [1.165, 1.54) is 11.0 Å². The Labute approximate surface area is 159 Å². The predicted molar refractivity (Wildman–Crippen MR) is 105 cm³/mol. The van der Waals surface area contributed by atoms with Crippen LogP contribution in [-0.2, 0) is 11.3 Å². The van der Waals surface area contributed by atoms with E-state index < -0.39 is 0 Å². The second kappa shape index (κ2) is 9.43. The zero-order valence-electron chi connectivity index (χ0n) is 16.0. The summed E-state index contributed by atoms with van der Waals surface area (Å²) in [4.78, 5) is 25.4. The highest BCUT2D eigenvalue weighted by molar-refractivity contribution is 5.94. The molecular weight excluding hydrogens is 344 g/mol. The third-order valence-corrected chi connectivity index (χ3v) is 3.93. The van der Waals surface area contributed by atoms with Crippen molar-refractivity contribution in [1.29, 1.82) is 0 Å². The summed E-state index contributed by atoms with van der Waals surface area (Å²) in [6, 6.07) is 12.5. The van der Waals surface area contributed by atoms with Gasteiger partial charge in [-0.05, 0) is 35.9 Å². The van der Waals surface area contributed by atoms with E-state index in [1.807, 2.05) is 18.2 Å². The van der Waals surface area contributed by atoms with Crippen LogP contribution in [0.25, 0.3) is 6.08 Å². The van der Waals surface area contributed by atoms with Crippen LogP contribution in [0.3, 0.4) is 0 Å². The molecule has 142 valence electrons. The number of benzene rings is 2. The van der Waals surface area contributed by atoms with Gasteiger partial charge in [-0.15, -0.1) is 0 Å². The maximum Gasteiger partial charge on any atom is 0.253 e. The zero-order chi connectivity index (χ0) is 19.8. The number of amides is 2. The van der Waals surface area contributed by atoms with E-state index in [0.29, 0.717) is 23.6 Å². The second-order valence-corrected chi connectivity index (χ2v) is 6.06. The minimum atomic E-state index is -0.221. The average Bonchev–Trinajstić information content (AvgIpc) is 2.70. The fourth-order valence-electron chi connectivity index (χ4n) is 2.39. The first-order valence-corrected chi connectivity index (χ1v) is 8.43. The van der Waals surface area contributed by atoms with Crippen molar-refractivity contribution >= 4 is 17.9 Å². The van der Waals surface area contributed by atoms with Gasteiger partial charge in [0.15, 0.2) is 0 Å². The molecule has 0 radical (unpaired) electrons. The molecule has 0 aliphatic rings. The number of hydrogen-bond acceptors (Lipinski definition) is 4. The van der Waals surface area contributed by atoms with Crippen LogP contribution >= 0.6 is 0 Å². The molecule has 0 bridgehead atoms. The Morgan fingerprint density at radius 3 is 2.33 bits per heavy atom. The van der Waals surface area contributed by atoms with Crippen LogP contribution < -0.4 is 14.8 Å². The van der Waals surface area contributed by atoms with Gasteiger partial charge >= 0.3 is 0 Å². The SMILES string of the molecule is COc1ccc(/C=C/C(=O)NCc2ccc(C(=O)N(C)C)cc2)c(OC)c1. The molecule has 0 heterocycles. The molecule has 0 aromatic heterocycles. The molecule has 2 aromatic rings. The van der Waals surface area contributed by atoms with Crippen molar-refractivity contribution in [3.05, 3.63) is 65.2 Å². The van der Waals surface area contributed by atoms with Crippen LogP contribution in [0.4, 0.5) is 0 Å². The minimum absolute atomic E-state index is 0.0537. The van der Waals surface area contributed by atoms with Crippen molar-refractivity contribution in [2.75, 3.05) is 28.3 Å². The van der Waals surface area contributed by atoms with Crippen LogP contribution in [0.5, 0.6) is 11.5 Å². The Kier molecular flexibility index (Phi) is 7.00. The maximum absolute atomic E-state index is 12.1. The summed E-state index contributed by atoms with van der Waals surface area (Å²) in [5.74, 6) is 1.03. The van der Waals surface area contributed by atoms with Crippen molar-refractivity contribution in [3.63, 3.8) is 0 Å². The number of nitrogens with zero attached hydrogens (tertiary/aromatic N) is 1. The minimum Gasteiger partial charge on any atom is -0.497 e. The lowest BCUT2D eigenvalue weighted by Crippen LogP contribution is -2.22. The van der Waals surface area contributed by atoms with Crippen molar-refractivity contribution in [2.24, 2.45) is 0 Å². The summed E-state index contributed by atoms with van der Waals surface area (Å²) in [6.07, 6.45) is 3.14. The summed E-state index contributed by atoms with van der Waals surface area (Å²) in [5, 5.41) is 2.81. The normalized spacial score (nSPS) is 10.5. The van der Waals surface area contributed by atoms with Crippen molar-refractivity contribution in [1.82, 2.24) is 10.2 Å². The molecule has 0 spiro atoms. The van der Waals surface area contributed by atoms with Crippen LogP contribution in [-0.4, -0.2) is 45.0 Å². The number of methoxy groups -OCH3 is 2. The van der Waals surface area contributed by atoms with E-state index in [-0.39, 0.29) is 11.8 Å². The molecular formula is C21H24N2O4. The fraction of sp³-hybridized carbons (Fsp3) is 0.238. The van der Waals surface area contributed by atoms with E-state index in [4.69, 9.17) is 9.47 Å². The number of ether oxygens (including phenoxy) is 2. The highest BCUT2D eigenvalue weighted by Crippen LogP contribution is 2.25. The number of carbonyl (C=O) groups excluding carboxylic acids is 2. The van der Waals surface area contributed by atoms with Gasteiger partial charge in [0.05, 0.1) is 14.2 Å². The van der Waals surface area contributed by atoms with Gasteiger partial charge in [0.2, 0.25) is 5.91 Å². The highest BCUT2D eigenvalue weighted by Gasteiger charge is 2.07. The molecule has 0 aliphatic carbocycles. The topological polar surface area (TPSA) is 67.9 Å². The van der Waals surface area contributed by atoms with Crippen molar-refractivity contribution in [3.8, 4) is 11.5 Å². The standard InChI is InChI=1S/C21H24N2O4/c1-23(2)21(25)17-7-5-15(6-8-17)14-22-20(24)12-10-16-9-11-18(26-3)13-19(16)27-4/h5-13H,14H2,1-4H3,(H,22,24)/b12-10+. The number of carbonyl (C=O) groups is 2. The van der Waals surface area contributed by atoms with Crippen LogP contribution in [0.1, 0.15) is 21.5 Å². The quantitative estimate of drug-likeness (QED) is 0.763. The van der Waals surface area contributed by atoms with Gasteiger partial charge in [-0.2, -0.15) is 0 Å². The van der Waals surface area contributed by atoms with E-state index in [9.17, 15) is 9.59 Å². The summed E-state index contributed by atoms with van der Waals surface area (Å²) < 4.78 is 10.5. The predicted octanol–water partition coefficient (Wildman–Crippen LogP) is 2.74. The second-order valence-electron chi connectivity index (χ2n) is 6.06. The Bertz CT molecular complexity index is 827. The maximum atomic E-state index is 12.1. The van der Waals surface area contributed by atoms with Crippen LogP contribution in [0.15, 0.2) is 48.5 Å². The van der Waals surface area contributed by atoms with Gasteiger partial charge < -0.3 is 19.7 Å². The van der Waals surface area contributed by atoms with E-state index in [2.05, 4.69) is 5.32 Å². The molecule has 0 saturated heterocycles.